The van der Waals surface area contributed by atoms with E-state index < -0.39 is 31.6 Å². The predicted molar refractivity (Wildman–Crippen MR) is 125 cm³/mol. The van der Waals surface area contributed by atoms with Crippen molar-refractivity contribution < 1.29 is 22.8 Å². The van der Waals surface area contributed by atoms with Crippen molar-refractivity contribution in [1.29, 1.82) is 0 Å². The zero-order valence-electron chi connectivity index (χ0n) is 24.7. The van der Waals surface area contributed by atoms with Gasteiger partial charge in [0.25, 0.3) is 0 Å². The fourth-order valence-electron chi connectivity index (χ4n) is 6.56. The van der Waals surface area contributed by atoms with E-state index >= 15 is 0 Å². The molecular formula is C28H41FO2. The van der Waals surface area contributed by atoms with Gasteiger partial charge in [-0.25, -0.2) is 4.39 Å². The molecule has 0 bridgehead atoms. The van der Waals surface area contributed by atoms with Gasteiger partial charge in [-0.15, -0.1) is 0 Å². The summed E-state index contributed by atoms with van der Waals surface area (Å²) in [5.74, 6) is 0.343. The lowest BCUT2D eigenvalue weighted by molar-refractivity contribution is 0.0664. The number of hydrogen-bond donors (Lipinski definition) is 2. The summed E-state index contributed by atoms with van der Waals surface area (Å²) in [5, 5.41) is 20.7. The minimum Gasteiger partial charge on any atom is -0.393 e. The summed E-state index contributed by atoms with van der Waals surface area (Å²) in [5.41, 5.74) is 1.24. The molecule has 4 rings (SSSR count). The van der Waals surface area contributed by atoms with Gasteiger partial charge in [0.15, 0.2) is 0 Å². The first kappa shape index (κ1) is 16.4. The number of fused-ring (bicyclic) bond motifs is 1. The standard InChI is InChI=1S/C28H41FO2/c1-19-21(17-22(30)18-24(19)29)9-8-20-7-5-13-27(4)23(20)10-11-25(27)28(15-16-28)14-6-12-26(2,3)31/h8-9,11,22-24,30-31H,1,5-7,10,12-18H2,2-4H3/b20-8+,21-9-/t22?,23?,24-,27-/m0/s1/i2D3,3D3. The molecule has 2 unspecified atom stereocenters. The lowest BCUT2D eigenvalue weighted by Crippen LogP contribution is -2.33. The highest BCUT2D eigenvalue weighted by atomic mass is 19.1. The molecule has 0 aromatic carbocycles. The summed E-state index contributed by atoms with van der Waals surface area (Å²) in [6.07, 6.45) is 11.8. The van der Waals surface area contributed by atoms with Crippen LogP contribution in [0.25, 0.3) is 0 Å². The molecule has 0 aromatic rings. The van der Waals surface area contributed by atoms with Gasteiger partial charge in [0, 0.05) is 14.6 Å². The highest BCUT2D eigenvalue weighted by Crippen LogP contribution is 2.67. The number of rotatable bonds is 6. The lowest BCUT2D eigenvalue weighted by Gasteiger charge is -2.43. The maximum absolute atomic E-state index is 14.2. The maximum Gasteiger partial charge on any atom is 0.127 e. The van der Waals surface area contributed by atoms with Gasteiger partial charge in [-0.1, -0.05) is 42.9 Å². The third kappa shape index (κ3) is 4.64. The van der Waals surface area contributed by atoms with E-state index in [2.05, 4.69) is 25.7 Å². The largest absolute Gasteiger partial charge is 0.393 e. The monoisotopic (exact) mass is 434 g/mol. The van der Waals surface area contributed by atoms with E-state index in [9.17, 15) is 14.6 Å². The molecule has 0 saturated heterocycles. The van der Waals surface area contributed by atoms with Crippen LogP contribution < -0.4 is 0 Å². The van der Waals surface area contributed by atoms with Gasteiger partial charge in [-0.05, 0) is 106 Å². The van der Waals surface area contributed by atoms with Crippen molar-refractivity contribution in [2.24, 2.45) is 16.7 Å². The normalized spacial score (nSPS) is 41.5. The van der Waals surface area contributed by atoms with Gasteiger partial charge in [0.05, 0.1) is 11.7 Å². The van der Waals surface area contributed by atoms with Crippen LogP contribution in [-0.2, 0) is 0 Å². The molecule has 0 aliphatic heterocycles. The van der Waals surface area contributed by atoms with E-state index in [-0.39, 0.29) is 23.7 Å². The summed E-state index contributed by atoms with van der Waals surface area (Å²) < 4.78 is 60.1. The van der Waals surface area contributed by atoms with Crippen molar-refractivity contribution >= 4 is 0 Å². The van der Waals surface area contributed by atoms with E-state index in [1.807, 2.05) is 6.08 Å². The summed E-state index contributed by atoms with van der Waals surface area (Å²) in [4.78, 5) is 0. The Balaban J connectivity index is 1.48. The fraction of sp³-hybridized carbons (Fsp3) is 0.714. The Labute approximate surface area is 196 Å². The zero-order chi connectivity index (χ0) is 27.4. The number of hydrogen-bond acceptors (Lipinski definition) is 2. The highest BCUT2D eigenvalue weighted by Gasteiger charge is 2.56. The van der Waals surface area contributed by atoms with Crippen LogP contribution in [0.4, 0.5) is 4.39 Å². The second-order valence-electron chi connectivity index (χ2n) is 10.7. The molecule has 4 atom stereocenters. The van der Waals surface area contributed by atoms with Crippen LogP contribution in [0.2, 0.25) is 0 Å². The molecule has 2 nitrogen and oxygen atoms in total. The molecule has 4 aliphatic rings. The van der Waals surface area contributed by atoms with Crippen molar-refractivity contribution in [1.82, 2.24) is 0 Å². The molecule has 3 saturated carbocycles. The number of alkyl halides is 1. The van der Waals surface area contributed by atoms with Gasteiger partial charge in [-0.2, -0.15) is 0 Å². The maximum atomic E-state index is 14.2. The number of aliphatic hydroxyl groups is 2. The minimum absolute atomic E-state index is 0.0187. The van der Waals surface area contributed by atoms with Crippen LogP contribution in [0.5, 0.6) is 0 Å². The Bertz CT molecular complexity index is 989. The Hall–Kier alpha value is -1.19. The first-order chi connectivity index (χ1) is 17.0. The summed E-state index contributed by atoms with van der Waals surface area (Å²) in [7, 11) is 0. The smallest absolute Gasteiger partial charge is 0.127 e. The molecule has 0 aromatic heterocycles. The van der Waals surface area contributed by atoms with Gasteiger partial charge < -0.3 is 10.2 Å². The average molecular weight is 435 g/mol. The first-order valence-corrected chi connectivity index (χ1v) is 11.9. The molecule has 0 radical (unpaired) electrons. The van der Waals surface area contributed by atoms with Crippen LogP contribution in [0.3, 0.4) is 0 Å². The third-order valence-corrected chi connectivity index (χ3v) is 8.39. The van der Waals surface area contributed by atoms with Gasteiger partial charge >= 0.3 is 0 Å². The number of halogens is 1. The Morgan fingerprint density at radius 1 is 1.32 bits per heavy atom. The Morgan fingerprint density at radius 3 is 2.81 bits per heavy atom. The quantitative estimate of drug-likeness (QED) is 0.454. The minimum atomic E-state index is -2.97. The predicted octanol–water partition coefficient (Wildman–Crippen LogP) is 6.75. The second-order valence-corrected chi connectivity index (χ2v) is 10.7. The molecular weight excluding hydrogens is 387 g/mol. The summed E-state index contributed by atoms with van der Waals surface area (Å²) in [6.45, 7) is 0.271. The van der Waals surface area contributed by atoms with E-state index in [1.165, 1.54) is 11.1 Å². The van der Waals surface area contributed by atoms with Crippen molar-refractivity contribution in [2.75, 3.05) is 0 Å². The molecule has 4 aliphatic carbocycles. The zero-order valence-corrected chi connectivity index (χ0v) is 18.7. The molecule has 0 spiro atoms. The molecule has 2 N–H and O–H groups in total. The van der Waals surface area contributed by atoms with Crippen LogP contribution in [0, 0.1) is 16.7 Å². The molecule has 0 heterocycles. The Morgan fingerprint density at radius 2 is 2.10 bits per heavy atom. The topological polar surface area (TPSA) is 40.5 Å². The molecule has 31 heavy (non-hydrogen) atoms. The van der Waals surface area contributed by atoms with E-state index in [1.54, 1.807) is 0 Å². The third-order valence-electron chi connectivity index (χ3n) is 8.39. The number of aliphatic hydroxyl groups excluding tert-OH is 1. The SMILES string of the molecule is [2H]C([2H])([2H])C(O)(CCCC1(C2=CCC3/C(=C/C=C4/CC(O)C[C@H](F)C4=C)CCC[C@]23C)CC1)C([2H])([2H])[2H]. The van der Waals surface area contributed by atoms with Crippen LogP contribution in [0.15, 0.2) is 47.1 Å². The van der Waals surface area contributed by atoms with E-state index in [0.29, 0.717) is 30.8 Å². The van der Waals surface area contributed by atoms with Crippen LogP contribution in [-0.4, -0.2) is 28.1 Å². The van der Waals surface area contributed by atoms with Gasteiger partial charge in [0.1, 0.15) is 6.17 Å². The summed E-state index contributed by atoms with van der Waals surface area (Å²) in [6, 6.07) is 0. The van der Waals surface area contributed by atoms with E-state index in [0.717, 1.165) is 44.1 Å². The molecule has 3 fully saturated rings. The highest BCUT2D eigenvalue weighted by molar-refractivity contribution is 5.42. The van der Waals surface area contributed by atoms with E-state index in [4.69, 9.17) is 8.22 Å². The van der Waals surface area contributed by atoms with Crippen molar-refractivity contribution in [3.8, 4) is 0 Å². The van der Waals surface area contributed by atoms with Crippen molar-refractivity contribution in [3.05, 3.63) is 47.1 Å². The molecule has 172 valence electrons. The van der Waals surface area contributed by atoms with Crippen molar-refractivity contribution in [3.63, 3.8) is 0 Å². The van der Waals surface area contributed by atoms with Crippen LogP contribution >= 0.6 is 0 Å². The van der Waals surface area contributed by atoms with Crippen LogP contribution in [0.1, 0.15) is 99.5 Å². The van der Waals surface area contributed by atoms with Gasteiger partial charge in [0.2, 0.25) is 0 Å². The second kappa shape index (κ2) is 8.30. The molecule has 0 amide bonds. The average Bonchev–Trinajstić information content (AvgIpc) is 3.46. The van der Waals surface area contributed by atoms with Gasteiger partial charge in [-0.3, -0.25) is 0 Å². The lowest BCUT2D eigenvalue weighted by atomic mass is 9.61. The number of allylic oxidation sites excluding steroid dienone is 6. The van der Waals surface area contributed by atoms with Crippen molar-refractivity contribution in [2.45, 2.75) is 109 Å². The molecule has 3 heteroatoms. The Kier molecular flexibility index (Phi) is 4.40. The first-order valence-electron chi connectivity index (χ1n) is 14.9. The fourth-order valence-corrected chi connectivity index (χ4v) is 6.56. The summed E-state index contributed by atoms with van der Waals surface area (Å²) >= 11 is 0.